The Labute approximate surface area is 108 Å². The van der Waals surface area contributed by atoms with Crippen LogP contribution in [0.1, 0.15) is 43.4 Å². The van der Waals surface area contributed by atoms with Crippen LogP contribution in [0.4, 0.5) is 0 Å². The van der Waals surface area contributed by atoms with Gasteiger partial charge in [0, 0.05) is 18.0 Å². The van der Waals surface area contributed by atoms with E-state index in [1.165, 1.54) is 5.56 Å². The molecule has 0 amide bonds. The Morgan fingerprint density at radius 3 is 2.78 bits per heavy atom. The van der Waals surface area contributed by atoms with E-state index in [9.17, 15) is 4.79 Å². The van der Waals surface area contributed by atoms with Crippen LogP contribution in [0.3, 0.4) is 0 Å². The number of ether oxygens (including phenoxy) is 1. The highest BCUT2D eigenvalue weighted by Gasteiger charge is 2.13. The smallest absolute Gasteiger partial charge is 0.303 e. The van der Waals surface area contributed by atoms with Gasteiger partial charge >= 0.3 is 5.97 Å². The third-order valence-electron chi connectivity index (χ3n) is 3.01. The third kappa shape index (κ3) is 4.04. The van der Waals surface area contributed by atoms with E-state index >= 15 is 0 Å². The number of rotatable bonds is 7. The summed E-state index contributed by atoms with van der Waals surface area (Å²) in [5.74, 6) is -0.00787. The zero-order valence-corrected chi connectivity index (χ0v) is 11.0. The SMILES string of the molecule is CCc1ccc(OC)c(C(N)CCCC(=O)O)c1. The quantitative estimate of drug-likeness (QED) is 0.781. The number of aryl methyl sites for hydroxylation is 1. The molecule has 1 atom stereocenters. The fourth-order valence-electron chi connectivity index (χ4n) is 1.92. The summed E-state index contributed by atoms with van der Waals surface area (Å²) in [6.07, 6.45) is 2.33. The van der Waals surface area contributed by atoms with E-state index in [4.69, 9.17) is 15.6 Å². The molecule has 0 saturated heterocycles. The standard InChI is InChI=1S/C14H21NO3/c1-3-10-7-8-13(18-2)11(9-10)12(15)5-4-6-14(16)17/h7-9,12H,3-6,15H2,1-2H3,(H,16,17). The normalized spacial score (nSPS) is 12.2. The van der Waals surface area contributed by atoms with Crippen LogP contribution in [0.25, 0.3) is 0 Å². The van der Waals surface area contributed by atoms with Crippen LogP contribution in [0, 0.1) is 0 Å². The van der Waals surface area contributed by atoms with Gasteiger partial charge in [-0.05, 0) is 30.9 Å². The second-order valence-electron chi connectivity index (χ2n) is 4.32. The van der Waals surface area contributed by atoms with Crippen molar-refractivity contribution in [2.75, 3.05) is 7.11 Å². The molecule has 3 N–H and O–H groups in total. The molecule has 0 aromatic heterocycles. The number of benzene rings is 1. The van der Waals surface area contributed by atoms with Crippen LogP contribution in [-0.2, 0) is 11.2 Å². The Balaban J connectivity index is 2.75. The van der Waals surface area contributed by atoms with Crippen molar-refractivity contribution in [2.24, 2.45) is 5.73 Å². The minimum atomic E-state index is -0.781. The number of carboxylic acids is 1. The molecule has 0 radical (unpaired) electrons. The van der Waals surface area contributed by atoms with Crippen molar-refractivity contribution in [3.63, 3.8) is 0 Å². The van der Waals surface area contributed by atoms with E-state index in [0.717, 1.165) is 17.7 Å². The Bertz CT molecular complexity index is 404. The van der Waals surface area contributed by atoms with Crippen LogP contribution in [0.2, 0.25) is 0 Å². The van der Waals surface area contributed by atoms with E-state index in [2.05, 4.69) is 6.92 Å². The van der Waals surface area contributed by atoms with Gasteiger partial charge in [0.25, 0.3) is 0 Å². The summed E-state index contributed by atoms with van der Waals surface area (Å²) in [6.45, 7) is 2.08. The van der Waals surface area contributed by atoms with Gasteiger partial charge in [-0.3, -0.25) is 4.79 Å². The molecule has 100 valence electrons. The summed E-state index contributed by atoms with van der Waals surface area (Å²) in [6, 6.07) is 5.81. The number of aliphatic carboxylic acids is 1. The van der Waals surface area contributed by atoms with Crippen LogP contribution < -0.4 is 10.5 Å². The van der Waals surface area contributed by atoms with Crippen molar-refractivity contribution in [3.8, 4) is 5.75 Å². The van der Waals surface area contributed by atoms with E-state index < -0.39 is 5.97 Å². The number of hydrogen-bond acceptors (Lipinski definition) is 3. The van der Waals surface area contributed by atoms with Crippen molar-refractivity contribution < 1.29 is 14.6 Å². The molecule has 1 aromatic rings. The number of carboxylic acid groups (broad SMARTS) is 1. The minimum absolute atomic E-state index is 0.156. The van der Waals surface area contributed by atoms with Gasteiger partial charge in [-0.1, -0.05) is 19.1 Å². The first kappa shape index (κ1) is 14.5. The lowest BCUT2D eigenvalue weighted by Gasteiger charge is -2.16. The van der Waals surface area contributed by atoms with Gasteiger partial charge < -0.3 is 15.6 Å². The van der Waals surface area contributed by atoms with E-state index in [1.54, 1.807) is 7.11 Å². The highest BCUT2D eigenvalue weighted by molar-refractivity contribution is 5.66. The van der Waals surface area contributed by atoms with Crippen LogP contribution in [0.15, 0.2) is 18.2 Å². The van der Waals surface area contributed by atoms with E-state index in [-0.39, 0.29) is 12.5 Å². The monoisotopic (exact) mass is 251 g/mol. The average Bonchev–Trinajstić information content (AvgIpc) is 2.37. The molecular weight excluding hydrogens is 230 g/mol. The predicted molar refractivity (Wildman–Crippen MR) is 70.8 cm³/mol. The van der Waals surface area contributed by atoms with Gasteiger partial charge in [0.05, 0.1) is 7.11 Å². The molecule has 0 fully saturated rings. The predicted octanol–water partition coefficient (Wildman–Crippen LogP) is 2.51. The Hall–Kier alpha value is -1.55. The van der Waals surface area contributed by atoms with Gasteiger partial charge in [-0.25, -0.2) is 0 Å². The van der Waals surface area contributed by atoms with E-state index in [1.807, 2.05) is 18.2 Å². The van der Waals surface area contributed by atoms with Crippen LogP contribution in [0.5, 0.6) is 5.75 Å². The van der Waals surface area contributed by atoms with Crippen molar-refractivity contribution in [2.45, 2.75) is 38.6 Å². The fourth-order valence-corrected chi connectivity index (χ4v) is 1.92. The van der Waals surface area contributed by atoms with Gasteiger partial charge in [-0.15, -0.1) is 0 Å². The lowest BCUT2D eigenvalue weighted by atomic mass is 9.98. The summed E-state index contributed by atoms with van der Waals surface area (Å²) < 4.78 is 5.30. The molecule has 0 saturated carbocycles. The molecule has 1 unspecified atom stereocenters. The lowest BCUT2D eigenvalue weighted by molar-refractivity contribution is -0.137. The Morgan fingerprint density at radius 2 is 2.22 bits per heavy atom. The lowest BCUT2D eigenvalue weighted by Crippen LogP contribution is -2.12. The molecule has 0 spiro atoms. The summed E-state index contributed by atoms with van der Waals surface area (Å²) in [5, 5.41) is 8.61. The molecule has 18 heavy (non-hydrogen) atoms. The summed E-state index contributed by atoms with van der Waals surface area (Å²) in [5.41, 5.74) is 8.28. The fraction of sp³-hybridized carbons (Fsp3) is 0.500. The second kappa shape index (κ2) is 7.01. The number of methoxy groups -OCH3 is 1. The number of nitrogens with two attached hydrogens (primary N) is 1. The van der Waals surface area contributed by atoms with Crippen LogP contribution >= 0.6 is 0 Å². The second-order valence-corrected chi connectivity index (χ2v) is 4.32. The molecule has 0 aliphatic heterocycles. The number of carbonyl (C=O) groups is 1. The molecular formula is C14H21NO3. The maximum atomic E-state index is 10.5. The number of hydrogen-bond donors (Lipinski definition) is 2. The van der Waals surface area contributed by atoms with Gasteiger partial charge in [0.1, 0.15) is 5.75 Å². The zero-order valence-electron chi connectivity index (χ0n) is 11.0. The zero-order chi connectivity index (χ0) is 13.5. The summed E-state index contributed by atoms with van der Waals surface area (Å²) in [7, 11) is 1.62. The van der Waals surface area contributed by atoms with Gasteiger partial charge in [0.2, 0.25) is 0 Å². The topological polar surface area (TPSA) is 72.5 Å². The van der Waals surface area contributed by atoms with Gasteiger partial charge in [-0.2, -0.15) is 0 Å². The molecule has 1 rings (SSSR count). The molecule has 0 aliphatic carbocycles. The molecule has 4 heteroatoms. The van der Waals surface area contributed by atoms with Crippen molar-refractivity contribution in [1.82, 2.24) is 0 Å². The van der Waals surface area contributed by atoms with Gasteiger partial charge in [0.15, 0.2) is 0 Å². The first-order valence-corrected chi connectivity index (χ1v) is 6.22. The summed E-state index contributed by atoms with van der Waals surface area (Å²) in [4.78, 5) is 10.5. The third-order valence-corrected chi connectivity index (χ3v) is 3.01. The maximum Gasteiger partial charge on any atom is 0.303 e. The Morgan fingerprint density at radius 1 is 1.50 bits per heavy atom. The van der Waals surface area contributed by atoms with E-state index in [0.29, 0.717) is 12.8 Å². The van der Waals surface area contributed by atoms with Crippen molar-refractivity contribution >= 4 is 5.97 Å². The first-order valence-electron chi connectivity index (χ1n) is 6.22. The Kier molecular flexibility index (Phi) is 5.65. The summed E-state index contributed by atoms with van der Waals surface area (Å²) >= 11 is 0. The first-order chi connectivity index (χ1) is 8.58. The highest BCUT2D eigenvalue weighted by atomic mass is 16.5. The maximum absolute atomic E-state index is 10.5. The van der Waals surface area contributed by atoms with Crippen LogP contribution in [-0.4, -0.2) is 18.2 Å². The largest absolute Gasteiger partial charge is 0.496 e. The molecule has 0 aliphatic rings. The van der Waals surface area contributed by atoms with Crippen molar-refractivity contribution in [3.05, 3.63) is 29.3 Å². The molecule has 1 aromatic carbocycles. The molecule has 0 heterocycles. The minimum Gasteiger partial charge on any atom is -0.496 e. The highest BCUT2D eigenvalue weighted by Crippen LogP contribution is 2.28. The molecule has 4 nitrogen and oxygen atoms in total. The van der Waals surface area contributed by atoms with Crippen molar-refractivity contribution in [1.29, 1.82) is 0 Å². The molecule has 0 bridgehead atoms. The average molecular weight is 251 g/mol.